The first-order valence-electron chi connectivity index (χ1n) is 9.84. The topological polar surface area (TPSA) is 66.5 Å². The van der Waals surface area contributed by atoms with Gasteiger partial charge in [0, 0.05) is 18.1 Å². The van der Waals surface area contributed by atoms with Crippen LogP contribution in [0.4, 0.5) is 0 Å². The average molecular weight is 435 g/mol. The highest BCUT2D eigenvalue weighted by atomic mass is 35.5. The minimum Gasteiger partial charge on any atom is -0.349 e. The van der Waals surface area contributed by atoms with E-state index in [9.17, 15) is 13.2 Å². The van der Waals surface area contributed by atoms with E-state index in [4.69, 9.17) is 11.6 Å². The number of benzene rings is 2. The maximum atomic E-state index is 12.9. The maximum absolute atomic E-state index is 12.9. The molecule has 29 heavy (non-hydrogen) atoms. The van der Waals surface area contributed by atoms with E-state index in [0.717, 1.165) is 5.56 Å². The molecule has 2 aromatic carbocycles. The van der Waals surface area contributed by atoms with Gasteiger partial charge in [-0.15, -0.1) is 0 Å². The number of sulfonamides is 1. The van der Waals surface area contributed by atoms with Gasteiger partial charge in [0.2, 0.25) is 15.9 Å². The molecular formula is C22H27ClN2O3S. The Balaban J connectivity index is 1.63. The lowest BCUT2D eigenvalue weighted by atomic mass is 9.97. The Labute approximate surface area is 178 Å². The summed E-state index contributed by atoms with van der Waals surface area (Å²) in [6.07, 6.45) is 1.36. The van der Waals surface area contributed by atoms with Crippen LogP contribution in [-0.4, -0.2) is 31.7 Å². The molecule has 1 amide bonds. The number of hydrogen-bond acceptors (Lipinski definition) is 3. The highest BCUT2D eigenvalue weighted by molar-refractivity contribution is 7.88. The molecule has 0 saturated carbocycles. The van der Waals surface area contributed by atoms with Crippen LogP contribution < -0.4 is 5.32 Å². The van der Waals surface area contributed by atoms with Crippen molar-refractivity contribution in [3.05, 3.63) is 70.2 Å². The highest BCUT2D eigenvalue weighted by Crippen LogP contribution is 2.23. The van der Waals surface area contributed by atoms with E-state index in [2.05, 4.69) is 5.32 Å². The largest absolute Gasteiger partial charge is 0.349 e. The summed E-state index contributed by atoms with van der Waals surface area (Å²) in [6.45, 7) is 4.63. The summed E-state index contributed by atoms with van der Waals surface area (Å²) in [7, 11) is -3.51. The summed E-state index contributed by atoms with van der Waals surface area (Å²) in [6, 6.07) is 14.8. The van der Waals surface area contributed by atoms with Crippen molar-refractivity contribution < 1.29 is 13.2 Å². The van der Waals surface area contributed by atoms with Gasteiger partial charge in [-0.1, -0.05) is 53.6 Å². The Morgan fingerprint density at radius 3 is 2.66 bits per heavy atom. The van der Waals surface area contributed by atoms with Gasteiger partial charge in [0.05, 0.1) is 17.7 Å². The predicted molar refractivity (Wildman–Crippen MR) is 116 cm³/mol. The number of aryl methyl sites for hydroxylation is 1. The summed E-state index contributed by atoms with van der Waals surface area (Å²) in [5, 5.41) is 3.55. The first-order valence-corrected chi connectivity index (χ1v) is 11.8. The van der Waals surface area contributed by atoms with E-state index >= 15 is 0 Å². The van der Waals surface area contributed by atoms with E-state index in [1.165, 1.54) is 9.87 Å². The van der Waals surface area contributed by atoms with Gasteiger partial charge >= 0.3 is 0 Å². The van der Waals surface area contributed by atoms with E-state index in [1.807, 2.05) is 38.1 Å². The number of piperidine rings is 1. The second kappa shape index (κ2) is 9.28. The molecule has 0 spiro atoms. The van der Waals surface area contributed by atoms with Crippen molar-refractivity contribution in [3.8, 4) is 0 Å². The lowest BCUT2D eigenvalue weighted by Crippen LogP contribution is -2.46. The summed E-state index contributed by atoms with van der Waals surface area (Å²) >= 11 is 5.97. The fourth-order valence-corrected chi connectivity index (χ4v) is 5.42. The first kappa shape index (κ1) is 21.8. The van der Waals surface area contributed by atoms with Crippen LogP contribution in [0.15, 0.2) is 48.5 Å². The lowest BCUT2D eigenvalue weighted by molar-refractivity contribution is -0.126. The minimum atomic E-state index is -3.51. The molecule has 0 radical (unpaired) electrons. The van der Waals surface area contributed by atoms with Crippen LogP contribution in [0.5, 0.6) is 0 Å². The van der Waals surface area contributed by atoms with Gasteiger partial charge in [-0.05, 0) is 49.9 Å². The second-order valence-corrected chi connectivity index (χ2v) is 10.1. The predicted octanol–water partition coefficient (Wildman–Crippen LogP) is 4.07. The number of rotatable bonds is 6. The molecule has 3 rings (SSSR count). The van der Waals surface area contributed by atoms with Crippen LogP contribution in [0.1, 0.15) is 42.5 Å². The Morgan fingerprint density at radius 1 is 1.24 bits per heavy atom. The quantitative estimate of drug-likeness (QED) is 0.745. The molecule has 2 aromatic rings. The molecular weight excluding hydrogens is 408 g/mol. The third kappa shape index (κ3) is 5.81. The Hall–Kier alpha value is -1.89. The van der Waals surface area contributed by atoms with Crippen molar-refractivity contribution in [1.82, 2.24) is 9.62 Å². The summed E-state index contributed by atoms with van der Waals surface area (Å²) < 4.78 is 27.2. The number of halogens is 1. The van der Waals surface area contributed by atoms with Crippen LogP contribution in [0.25, 0.3) is 0 Å². The van der Waals surface area contributed by atoms with Crippen LogP contribution in [0.3, 0.4) is 0 Å². The van der Waals surface area contributed by atoms with Gasteiger partial charge in [0.25, 0.3) is 0 Å². The van der Waals surface area contributed by atoms with E-state index in [1.54, 1.807) is 24.3 Å². The number of nitrogens with one attached hydrogen (secondary N) is 1. The zero-order valence-electron chi connectivity index (χ0n) is 16.8. The highest BCUT2D eigenvalue weighted by Gasteiger charge is 2.32. The molecule has 7 heteroatoms. The lowest BCUT2D eigenvalue weighted by Gasteiger charge is -2.32. The molecule has 1 N–H and O–H groups in total. The van der Waals surface area contributed by atoms with Gasteiger partial charge in [-0.2, -0.15) is 0 Å². The number of amides is 1. The van der Waals surface area contributed by atoms with Crippen molar-refractivity contribution in [2.24, 2.45) is 5.92 Å². The first-order chi connectivity index (χ1) is 13.7. The Bertz CT molecular complexity index is 960. The molecule has 1 fully saturated rings. The minimum absolute atomic E-state index is 0.0965. The van der Waals surface area contributed by atoms with Gasteiger partial charge in [0.1, 0.15) is 0 Å². The van der Waals surface area contributed by atoms with Gasteiger partial charge in [0.15, 0.2) is 0 Å². The van der Waals surface area contributed by atoms with Crippen LogP contribution >= 0.6 is 11.6 Å². The van der Waals surface area contributed by atoms with E-state index in [-0.39, 0.29) is 30.2 Å². The molecule has 0 aliphatic carbocycles. The molecule has 5 nitrogen and oxygen atoms in total. The fraction of sp³-hybridized carbons (Fsp3) is 0.409. The molecule has 1 heterocycles. The third-order valence-electron chi connectivity index (χ3n) is 5.32. The van der Waals surface area contributed by atoms with E-state index < -0.39 is 10.0 Å². The maximum Gasteiger partial charge on any atom is 0.224 e. The average Bonchev–Trinajstić information content (AvgIpc) is 2.68. The van der Waals surface area contributed by atoms with Crippen molar-refractivity contribution in [1.29, 1.82) is 0 Å². The van der Waals surface area contributed by atoms with Crippen molar-refractivity contribution in [3.63, 3.8) is 0 Å². The SMILES string of the molecule is Cc1ccc([C@@H](C)NC(=O)[C@@H]2CCCN(S(=O)(=O)Cc3cccc(Cl)c3)C2)cc1. The van der Waals surface area contributed by atoms with E-state index in [0.29, 0.717) is 30.0 Å². The summed E-state index contributed by atoms with van der Waals surface area (Å²) in [4.78, 5) is 12.8. The van der Waals surface area contributed by atoms with Gasteiger partial charge < -0.3 is 5.32 Å². The monoisotopic (exact) mass is 434 g/mol. The van der Waals surface area contributed by atoms with Crippen LogP contribution in [-0.2, 0) is 20.6 Å². The molecule has 0 unspecified atom stereocenters. The number of hydrogen-bond donors (Lipinski definition) is 1. The van der Waals surface area contributed by atoms with Gasteiger partial charge in [-0.3, -0.25) is 4.79 Å². The van der Waals surface area contributed by atoms with Crippen LogP contribution in [0.2, 0.25) is 5.02 Å². The van der Waals surface area contributed by atoms with Crippen molar-refractivity contribution in [2.75, 3.05) is 13.1 Å². The molecule has 1 aliphatic rings. The summed E-state index contributed by atoms with van der Waals surface area (Å²) in [5.41, 5.74) is 2.85. The van der Waals surface area contributed by atoms with Crippen molar-refractivity contribution in [2.45, 2.75) is 38.5 Å². The number of carbonyl (C=O) groups excluding carboxylic acids is 1. The Kier molecular flexibility index (Phi) is 6.98. The Morgan fingerprint density at radius 2 is 1.97 bits per heavy atom. The zero-order chi connectivity index (χ0) is 21.0. The molecule has 156 valence electrons. The molecule has 1 aliphatic heterocycles. The van der Waals surface area contributed by atoms with Gasteiger partial charge in [-0.25, -0.2) is 12.7 Å². The second-order valence-electron chi connectivity index (χ2n) is 7.72. The van der Waals surface area contributed by atoms with Crippen LogP contribution in [0, 0.1) is 12.8 Å². The fourth-order valence-electron chi connectivity index (χ4n) is 3.61. The number of nitrogens with zero attached hydrogens (tertiary/aromatic N) is 1. The van der Waals surface area contributed by atoms with Crippen molar-refractivity contribution >= 4 is 27.5 Å². The molecule has 0 bridgehead atoms. The normalized spacial score (nSPS) is 18.9. The molecule has 0 aromatic heterocycles. The molecule has 1 saturated heterocycles. The smallest absolute Gasteiger partial charge is 0.224 e. The number of carbonyl (C=O) groups is 1. The standard InChI is InChI=1S/C22H27ClN2O3S/c1-16-8-10-19(11-9-16)17(2)24-22(26)20-6-4-12-25(14-20)29(27,28)15-18-5-3-7-21(23)13-18/h3,5,7-11,13,17,20H,4,6,12,14-15H2,1-2H3,(H,24,26)/t17-,20-/m1/s1. The molecule has 2 atom stereocenters. The third-order valence-corrected chi connectivity index (χ3v) is 7.37. The zero-order valence-corrected chi connectivity index (χ0v) is 18.3. The summed E-state index contributed by atoms with van der Waals surface area (Å²) in [5.74, 6) is -0.548.